The maximum atomic E-state index is 14.8. The van der Waals surface area contributed by atoms with Gasteiger partial charge in [-0.1, -0.05) is 29.4 Å². The zero-order valence-electron chi connectivity index (χ0n) is 19.6. The summed E-state index contributed by atoms with van der Waals surface area (Å²) in [6.45, 7) is 5.34. The van der Waals surface area contributed by atoms with Gasteiger partial charge in [0.1, 0.15) is 23.0 Å². The maximum absolute atomic E-state index is 14.8. The third kappa shape index (κ3) is 4.08. The van der Waals surface area contributed by atoms with E-state index < -0.39 is 23.4 Å². The highest BCUT2D eigenvalue weighted by molar-refractivity contribution is 5.85. The Morgan fingerprint density at radius 1 is 1.03 bits per heavy atom. The van der Waals surface area contributed by atoms with Crippen LogP contribution in [0.15, 0.2) is 73.1 Å². The Labute approximate surface area is 203 Å². The standard InChI is InChI=1S/C27H21F2N3O4/c1-13-10-18(15(3)30-21-9-5-8-20(29)22(21)26-31-27(34)36-32-26)25-19(11-13)23(33)14(2)24(35-25)16-6-4-7-17(28)12-16/h4-12,15,30H,1-3H3,(H,31,32,34). The van der Waals surface area contributed by atoms with Gasteiger partial charge in [0.15, 0.2) is 11.3 Å². The van der Waals surface area contributed by atoms with Crippen molar-refractivity contribution >= 4 is 16.7 Å². The minimum Gasteiger partial charge on any atom is -0.455 e. The fourth-order valence-electron chi connectivity index (χ4n) is 4.33. The van der Waals surface area contributed by atoms with Gasteiger partial charge in [-0.25, -0.2) is 13.6 Å². The molecule has 2 heterocycles. The van der Waals surface area contributed by atoms with Crippen LogP contribution in [-0.2, 0) is 0 Å². The molecule has 0 bridgehead atoms. The average Bonchev–Trinajstić information content (AvgIpc) is 3.26. The Balaban J connectivity index is 1.66. The van der Waals surface area contributed by atoms with Gasteiger partial charge < -0.3 is 9.73 Å². The molecule has 9 heteroatoms. The lowest BCUT2D eigenvalue weighted by molar-refractivity contribution is 0.387. The monoisotopic (exact) mass is 489 g/mol. The number of rotatable bonds is 5. The predicted molar refractivity (Wildman–Crippen MR) is 132 cm³/mol. The number of anilines is 1. The lowest BCUT2D eigenvalue weighted by Gasteiger charge is -2.20. The number of halogens is 2. The van der Waals surface area contributed by atoms with Crippen molar-refractivity contribution in [2.24, 2.45) is 0 Å². The molecule has 0 radical (unpaired) electrons. The first-order valence-electron chi connectivity index (χ1n) is 11.2. The van der Waals surface area contributed by atoms with Gasteiger partial charge in [0.05, 0.1) is 17.0 Å². The molecule has 0 aliphatic carbocycles. The van der Waals surface area contributed by atoms with Gasteiger partial charge in [-0.05, 0) is 56.7 Å². The summed E-state index contributed by atoms with van der Waals surface area (Å²) in [5.74, 6) is -1.65. The molecular weight excluding hydrogens is 468 g/mol. The van der Waals surface area contributed by atoms with Crippen molar-refractivity contribution in [3.63, 3.8) is 0 Å². The minimum atomic E-state index is -0.807. The first-order chi connectivity index (χ1) is 17.2. The van der Waals surface area contributed by atoms with E-state index in [2.05, 4.69) is 20.0 Å². The van der Waals surface area contributed by atoms with Gasteiger partial charge in [-0.2, -0.15) is 0 Å². The topological polar surface area (TPSA) is 101 Å². The number of benzene rings is 3. The molecule has 1 atom stereocenters. The molecule has 3 aromatic carbocycles. The van der Waals surface area contributed by atoms with Crippen LogP contribution in [0.3, 0.4) is 0 Å². The molecule has 182 valence electrons. The molecule has 5 rings (SSSR count). The molecule has 0 saturated carbocycles. The van der Waals surface area contributed by atoms with E-state index in [1.165, 1.54) is 24.3 Å². The zero-order valence-corrected chi connectivity index (χ0v) is 19.6. The number of aryl methyl sites for hydroxylation is 1. The molecule has 36 heavy (non-hydrogen) atoms. The molecule has 0 fully saturated rings. The van der Waals surface area contributed by atoms with Gasteiger partial charge >= 0.3 is 5.76 Å². The Kier molecular flexibility index (Phi) is 5.75. The molecule has 0 spiro atoms. The SMILES string of the molecule is Cc1cc(C(C)Nc2cccc(F)c2-c2noc(=O)[nH]2)c2oc(-c3cccc(F)c3)c(C)c(=O)c2c1. The largest absolute Gasteiger partial charge is 0.455 e. The van der Waals surface area contributed by atoms with Crippen molar-refractivity contribution in [2.45, 2.75) is 26.8 Å². The number of nitrogens with zero attached hydrogens (tertiary/aromatic N) is 1. The molecule has 0 saturated heterocycles. The summed E-state index contributed by atoms with van der Waals surface area (Å²) in [6.07, 6.45) is 0. The highest BCUT2D eigenvalue weighted by atomic mass is 19.1. The number of hydrogen-bond donors (Lipinski definition) is 2. The van der Waals surface area contributed by atoms with E-state index in [4.69, 9.17) is 4.42 Å². The third-order valence-corrected chi connectivity index (χ3v) is 6.01. The zero-order chi connectivity index (χ0) is 25.6. The number of H-pyrrole nitrogens is 1. The van der Waals surface area contributed by atoms with Gasteiger partial charge in [0, 0.05) is 22.4 Å². The molecule has 2 aromatic heterocycles. The Morgan fingerprint density at radius 3 is 2.53 bits per heavy atom. The molecule has 0 aliphatic rings. The molecule has 7 nitrogen and oxygen atoms in total. The van der Waals surface area contributed by atoms with Crippen molar-refractivity contribution in [1.82, 2.24) is 10.1 Å². The van der Waals surface area contributed by atoms with Gasteiger partial charge in [-0.3, -0.25) is 14.3 Å². The van der Waals surface area contributed by atoms with Gasteiger partial charge in [-0.15, -0.1) is 0 Å². The molecular formula is C27H21F2N3O4. The molecule has 1 unspecified atom stereocenters. The summed E-state index contributed by atoms with van der Waals surface area (Å²) >= 11 is 0. The van der Waals surface area contributed by atoms with E-state index in [0.29, 0.717) is 33.3 Å². The van der Waals surface area contributed by atoms with Crippen molar-refractivity contribution < 1.29 is 17.7 Å². The molecule has 2 N–H and O–H groups in total. The van der Waals surface area contributed by atoms with E-state index in [9.17, 15) is 18.4 Å². The lowest BCUT2D eigenvalue weighted by Crippen LogP contribution is -2.13. The normalized spacial score (nSPS) is 12.1. The first-order valence-corrected chi connectivity index (χ1v) is 11.2. The quantitative estimate of drug-likeness (QED) is 0.320. The van der Waals surface area contributed by atoms with Crippen LogP contribution in [0.4, 0.5) is 14.5 Å². The first kappa shape index (κ1) is 23.2. The molecule has 5 aromatic rings. The van der Waals surface area contributed by atoms with Gasteiger partial charge in [0.2, 0.25) is 0 Å². The van der Waals surface area contributed by atoms with Crippen molar-refractivity contribution in [2.75, 3.05) is 5.32 Å². The number of fused-ring (bicyclic) bond motifs is 1. The lowest BCUT2D eigenvalue weighted by atomic mass is 9.98. The summed E-state index contributed by atoms with van der Waals surface area (Å²) in [5, 5.41) is 7.23. The second-order valence-electron chi connectivity index (χ2n) is 8.60. The van der Waals surface area contributed by atoms with E-state index in [-0.39, 0.29) is 22.6 Å². The minimum absolute atomic E-state index is 0.0323. The van der Waals surface area contributed by atoms with Crippen LogP contribution in [0.1, 0.15) is 29.7 Å². The summed E-state index contributed by atoms with van der Waals surface area (Å²) in [5.41, 5.74) is 2.78. The van der Waals surface area contributed by atoms with Crippen molar-refractivity contribution in [3.05, 3.63) is 104 Å². The van der Waals surface area contributed by atoms with Gasteiger partial charge in [0.25, 0.3) is 0 Å². The Morgan fingerprint density at radius 2 is 1.81 bits per heavy atom. The van der Waals surface area contributed by atoms with E-state index in [1.54, 1.807) is 31.2 Å². The average molecular weight is 489 g/mol. The van der Waals surface area contributed by atoms with Crippen LogP contribution in [0, 0.1) is 25.5 Å². The number of hydrogen-bond acceptors (Lipinski definition) is 6. The number of aromatic amines is 1. The fraction of sp³-hybridized carbons (Fsp3) is 0.148. The van der Waals surface area contributed by atoms with Crippen LogP contribution in [0.2, 0.25) is 0 Å². The van der Waals surface area contributed by atoms with Crippen molar-refractivity contribution in [1.29, 1.82) is 0 Å². The highest BCUT2D eigenvalue weighted by Crippen LogP contribution is 2.35. The predicted octanol–water partition coefficient (Wildman–Crippen LogP) is 5.87. The van der Waals surface area contributed by atoms with Crippen LogP contribution >= 0.6 is 0 Å². The summed E-state index contributed by atoms with van der Waals surface area (Å²) in [6, 6.07) is 13.4. The third-order valence-electron chi connectivity index (χ3n) is 6.01. The number of nitrogens with one attached hydrogen (secondary N) is 2. The van der Waals surface area contributed by atoms with E-state index in [0.717, 1.165) is 5.56 Å². The number of aromatic nitrogens is 2. The fourth-order valence-corrected chi connectivity index (χ4v) is 4.33. The maximum Gasteiger partial charge on any atom is 0.439 e. The second kappa shape index (κ2) is 8.92. The Hall–Kier alpha value is -4.53. The summed E-state index contributed by atoms with van der Waals surface area (Å²) in [4.78, 5) is 27.1. The van der Waals surface area contributed by atoms with Crippen molar-refractivity contribution in [3.8, 4) is 22.7 Å². The van der Waals surface area contributed by atoms with Crippen LogP contribution < -0.4 is 16.5 Å². The highest BCUT2D eigenvalue weighted by Gasteiger charge is 2.21. The summed E-state index contributed by atoms with van der Waals surface area (Å²) in [7, 11) is 0. The van der Waals surface area contributed by atoms with E-state index in [1.807, 2.05) is 19.9 Å². The van der Waals surface area contributed by atoms with Crippen LogP contribution in [-0.4, -0.2) is 10.1 Å². The second-order valence-corrected chi connectivity index (χ2v) is 8.60. The Bertz CT molecular complexity index is 1740. The molecule has 0 aliphatic heterocycles. The van der Waals surface area contributed by atoms with E-state index >= 15 is 0 Å². The van der Waals surface area contributed by atoms with Crippen LogP contribution in [0.25, 0.3) is 33.7 Å². The van der Waals surface area contributed by atoms with Crippen LogP contribution in [0.5, 0.6) is 0 Å². The summed E-state index contributed by atoms with van der Waals surface area (Å²) < 4.78 is 39.5. The smallest absolute Gasteiger partial charge is 0.439 e. The molecule has 0 amide bonds.